The fourth-order valence-electron chi connectivity index (χ4n) is 1.97. The highest BCUT2D eigenvalue weighted by molar-refractivity contribution is 5.57. The molecular formula is C17H14N2O2. The summed E-state index contributed by atoms with van der Waals surface area (Å²) in [7, 11) is 0. The molecule has 104 valence electrons. The number of aromatic nitrogens is 2. The maximum Gasteiger partial charge on any atom is 0.301 e. The summed E-state index contributed by atoms with van der Waals surface area (Å²) in [5, 5.41) is 0. The van der Waals surface area contributed by atoms with Crippen LogP contribution < -0.4 is 10.4 Å². The van der Waals surface area contributed by atoms with Crippen molar-refractivity contribution >= 4 is 0 Å². The Morgan fingerprint density at radius 2 is 1.62 bits per heavy atom. The summed E-state index contributed by atoms with van der Waals surface area (Å²) in [6, 6.07) is 19.4. The molecule has 0 saturated heterocycles. The van der Waals surface area contributed by atoms with E-state index in [0.717, 1.165) is 11.1 Å². The van der Waals surface area contributed by atoms with Gasteiger partial charge >= 0.3 is 5.56 Å². The number of benzene rings is 2. The molecule has 0 atom stereocenters. The van der Waals surface area contributed by atoms with Crippen LogP contribution in [0.3, 0.4) is 0 Å². The predicted molar refractivity (Wildman–Crippen MR) is 80.7 cm³/mol. The van der Waals surface area contributed by atoms with Crippen molar-refractivity contribution in [3.05, 3.63) is 89.0 Å². The first-order valence-corrected chi connectivity index (χ1v) is 6.64. The minimum absolute atomic E-state index is 0.286. The van der Waals surface area contributed by atoms with Gasteiger partial charge in [-0.3, -0.25) is 4.79 Å². The summed E-state index contributed by atoms with van der Waals surface area (Å²) < 4.78 is 1.22. The van der Waals surface area contributed by atoms with Crippen molar-refractivity contribution in [1.29, 1.82) is 0 Å². The van der Waals surface area contributed by atoms with Crippen molar-refractivity contribution in [3.8, 4) is 11.3 Å². The maximum atomic E-state index is 11.8. The van der Waals surface area contributed by atoms with Crippen LogP contribution in [0.4, 0.5) is 0 Å². The highest BCUT2D eigenvalue weighted by Crippen LogP contribution is 2.13. The molecule has 2 aromatic carbocycles. The second-order valence-corrected chi connectivity index (χ2v) is 4.56. The molecule has 0 unspecified atom stereocenters. The van der Waals surface area contributed by atoms with E-state index in [4.69, 9.17) is 4.84 Å². The summed E-state index contributed by atoms with van der Waals surface area (Å²) in [6.07, 6.45) is 2.88. The fraction of sp³-hybridized carbons (Fsp3) is 0.0588. The molecule has 0 radical (unpaired) electrons. The molecule has 3 aromatic rings. The second-order valence-electron chi connectivity index (χ2n) is 4.56. The first kappa shape index (κ1) is 13.1. The zero-order valence-corrected chi connectivity index (χ0v) is 11.3. The topological polar surface area (TPSA) is 44.1 Å². The third-order valence-electron chi connectivity index (χ3n) is 3.05. The molecule has 4 heteroatoms. The van der Waals surface area contributed by atoms with Gasteiger partial charge in [-0.2, -0.15) is 0 Å². The van der Waals surface area contributed by atoms with Crippen LogP contribution in [0.2, 0.25) is 0 Å². The van der Waals surface area contributed by atoms with E-state index in [0.29, 0.717) is 12.3 Å². The Balaban J connectivity index is 1.84. The lowest BCUT2D eigenvalue weighted by Crippen LogP contribution is -2.26. The highest BCUT2D eigenvalue weighted by Gasteiger charge is 2.03. The minimum Gasteiger partial charge on any atom is -0.406 e. The molecule has 0 saturated carbocycles. The lowest BCUT2D eigenvalue weighted by atomic mass is 10.2. The summed E-state index contributed by atoms with van der Waals surface area (Å²) in [6.45, 7) is 0.332. The monoisotopic (exact) mass is 278 g/mol. The first-order valence-electron chi connectivity index (χ1n) is 6.64. The van der Waals surface area contributed by atoms with Crippen LogP contribution in [-0.4, -0.2) is 9.71 Å². The van der Waals surface area contributed by atoms with E-state index < -0.39 is 0 Å². The molecule has 1 heterocycles. The molecule has 0 spiro atoms. The largest absolute Gasteiger partial charge is 0.406 e. The van der Waals surface area contributed by atoms with E-state index in [1.54, 1.807) is 6.20 Å². The van der Waals surface area contributed by atoms with Gasteiger partial charge in [0.05, 0.1) is 18.1 Å². The Kier molecular flexibility index (Phi) is 3.78. The van der Waals surface area contributed by atoms with Gasteiger partial charge in [0.2, 0.25) is 0 Å². The molecular weight excluding hydrogens is 264 g/mol. The SMILES string of the molecule is O=c1cnc(-c2ccccc2)cn1OCc1ccccc1. The summed E-state index contributed by atoms with van der Waals surface area (Å²) in [4.78, 5) is 21.5. The Morgan fingerprint density at radius 3 is 2.33 bits per heavy atom. The second kappa shape index (κ2) is 6.05. The fourth-order valence-corrected chi connectivity index (χ4v) is 1.97. The van der Waals surface area contributed by atoms with Crippen LogP contribution in [-0.2, 0) is 6.61 Å². The van der Waals surface area contributed by atoms with Gasteiger partial charge in [-0.25, -0.2) is 4.98 Å². The molecule has 0 aliphatic heterocycles. The van der Waals surface area contributed by atoms with Crippen LogP contribution in [0.15, 0.2) is 77.9 Å². The van der Waals surface area contributed by atoms with Crippen LogP contribution in [0.1, 0.15) is 5.56 Å². The van der Waals surface area contributed by atoms with Crippen molar-refractivity contribution in [1.82, 2.24) is 9.71 Å². The van der Waals surface area contributed by atoms with Crippen molar-refractivity contribution < 1.29 is 4.84 Å². The number of nitrogens with zero attached hydrogens (tertiary/aromatic N) is 2. The van der Waals surface area contributed by atoms with Gasteiger partial charge < -0.3 is 4.84 Å². The van der Waals surface area contributed by atoms with Crippen molar-refractivity contribution in [2.75, 3.05) is 0 Å². The molecule has 0 aliphatic rings. The number of hydrogen-bond acceptors (Lipinski definition) is 3. The summed E-state index contributed by atoms with van der Waals surface area (Å²) in [5.74, 6) is 0. The van der Waals surface area contributed by atoms with Crippen LogP contribution in [0, 0.1) is 0 Å². The van der Waals surface area contributed by atoms with E-state index in [-0.39, 0.29) is 5.56 Å². The van der Waals surface area contributed by atoms with Crippen LogP contribution in [0.25, 0.3) is 11.3 Å². The van der Waals surface area contributed by atoms with Crippen molar-refractivity contribution in [2.45, 2.75) is 6.61 Å². The van der Waals surface area contributed by atoms with Gasteiger partial charge in [-0.1, -0.05) is 60.7 Å². The van der Waals surface area contributed by atoms with E-state index >= 15 is 0 Å². The molecule has 0 N–H and O–H groups in total. The molecule has 0 fully saturated rings. The van der Waals surface area contributed by atoms with Gasteiger partial charge in [0.15, 0.2) is 0 Å². The summed E-state index contributed by atoms with van der Waals surface area (Å²) >= 11 is 0. The van der Waals surface area contributed by atoms with E-state index in [1.807, 2.05) is 60.7 Å². The van der Waals surface area contributed by atoms with Crippen LogP contribution >= 0.6 is 0 Å². The average molecular weight is 278 g/mol. The van der Waals surface area contributed by atoms with E-state index in [2.05, 4.69) is 4.98 Å². The van der Waals surface area contributed by atoms with Crippen molar-refractivity contribution in [2.24, 2.45) is 0 Å². The molecule has 1 aromatic heterocycles. The maximum absolute atomic E-state index is 11.8. The van der Waals surface area contributed by atoms with Gasteiger partial charge in [0.25, 0.3) is 0 Å². The lowest BCUT2D eigenvalue weighted by Gasteiger charge is -2.09. The Morgan fingerprint density at radius 1 is 0.952 bits per heavy atom. The molecule has 0 aliphatic carbocycles. The van der Waals surface area contributed by atoms with Crippen LogP contribution in [0.5, 0.6) is 0 Å². The van der Waals surface area contributed by atoms with E-state index in [9.17, 15) is 4.79 Å². The van der Waals surface area contributed by atoms with Gasteiger partial charge in [-0.15, -0.1) is 4.73 Å². The van der Waals surface area contributed by atoms with Gasteiger partial charge in [0, 0.05) is 5.56 Å². The third kappa shape index (κ3) is 3.17. The average Bonchev–Trinajstić information content (AvgIpc) is 2.56. The smallest absolute Gasteiger partial charge is 0.301 e. The molecule has 0 amide bonds. The Hall–Kier alpha value is -2.88. The molecule has 0 bridgehead atoms. The zero-order chi connectivity index (χ0) is 14.5. The highest BCUT2D eigenvalue weighted by atomic mass is 16.7. The predicted octanol–water partition coefficient (Wildman–Crippen LogP) is 2.54. The van der Waals surface area contributed by atoms with Gasteiger partial charge in [0.1, 0.15) is 6.61 Å². The lowest BCUT2D eigenvalue weighted by molar-refractivity contribution is 0.0888. The van der Waals surface area contributed by atoms with Crippen molar-refractivity contribution in [3.63, 3.8) is 0 Å². The number of rotatable bonds is 4. The zero-order valence-electron chi connectivity index (χ0n) is 11.3. The standard InChI is InChI=1S/C17H14N2O2/c20-17-11-18-16(15-9-5-2-6-10-15)12-19(17)21-13-14-7-3-1-4-8-14/h1-12H,13H2. The molecule has 4 nitrogen and oxygen atoms in total. The normalized spacial score (nSPS) is 10.3. The van der Waals surface area contributed by atoms with Gasteiger partial charge in [-0.05, 0) is 5.56 Å². The van der Waals surface area contributed by atoms with E-state index in [1.165, 1.54) is 10.9 Å². The summed E-state index contributed by atoms with van der Waals surface area (Å²) in [5.41, 5.74) is 2.35. The molecule has 21 heavy (non-hydrogen) atoms. The quantitative estimate of drug-likeness (QED) is 0.736. The third-order valence-corrected chi connectivity index (χ3v) is 3.05. The molecule has 3 rings (SSSR count). The Bertz CT molecular complexity index is 768. The number of hydrogen-bond donors (Lipinski definition) is 0. The Labute approximate surface area is 122 Å². The minimum atomic E-state index is -0.286. The first-order chi connectivity index (χ1) is 10.3.